The van der Waals surface area contributed by atoms with E-state index in [-0.39, 0.29) is 11.7 Å². The fourth-order valence-corrected chi connectivity index (χ4v) is 2.26. The Labute approximate surface area is 117 Å². The van der Waals surface area contributed by atoms with Gasteiger partial charge in [0, 0.05) is 13.1 Å². The van der Waals surface area contributed by atoms with Gasteiger partial charge in [0.1, 0.15) is 6.10 Å². The van der Waals surface area contributed by atoms with Crippen LogP contribution in [0.5, 0.6) is 11.5 Å². The first-order valence-electron chi connectivity index (χ1n) is 6.45. The molecule has 0 spiro atoms. The van der Waals surface area contributed by atoms with Gasteiger partial charge in [0.2, 0.25) is 0 Å². The first kappa shape index (κ1) is 14.6. The molecule has 1 fully saturated rings. The van der Waals surface area contributed by atoms with Crippen molar-refractivity contribution in [2.75, 3.05) is 27.2 Å². The second kappa shape index (κ2) is 6.11. The maximum atomic E-state index is 10.8. The second-order valence-electron chi connectivity index (χ2n) is 4.94. The Kier molecular flexibility index (Phi) is 4.46. The number of aliphatic hydroxyl groups excluding tert-OH is 1. The van der Waals surface area contributed by atoms with Crippen molar-refractivity contribution in [2.24, 2.45) is 0 Å². The summed E-state index contributed by atoms with van der Waals surface area (Å²) >= 11 is 0. The van der Waals surface area contributed by atoms with Crippen LogP contribution >= 0.6 is 0 Å². The Balaban J connectivity index is 2.15. The number of aliphatic carboxylic acids is 1. The summed E-state index contributed by atoms with van der Waals surface area (Å²) in [5, 5.41) is 18.3. The third kappa shape index (κ3) is 3.20. The van der Waals surface area contributed by atoms with Crippen LogP contribution in [-0.2, 0) is 4.79 Å². The van der Waals surface area contributed by atoms with Crippen molar-refractivity contribution in [1.82, 2.24) is 4.90 Å². The van der Waals surface area contributed by atoms with Gasteiger partial charge in [-0.15, -0.1) is 0 Å². The van der Waals surface area contributed by atoms with E-state index >= 15 is 0 Å². The number of methoxy groups -OCH3 is 1. The molecule has 110 valence electrons. The molecule has 6 nitrogen and oxygen atoms in total. The van der Waals surface area contributed by atoms with Gasteiger partial charge in [-0.25, -0.2) is 4.79 Å². The summed E-state index contributed by atoms with van der Waals surface area (Å²) < 4.78 is 11.1. The molecule has 1 aliphatic heterocycles. The first-order valence-corrected chi connectivity index (χ1v) is 6.45. The predicted octanol–water partition coefficient (Wildman–Crippen LogP) is 0.896. The fourth-order valence-electron chi connectivity index (χ4n) is 2.26. The van der Waals surface area contributed by atoms with Gasteiger partial charge in [-0.05, 0) is 31.2 Å². The van der Waals surface area contributed by atoms with Gasteiger partial charge < -0.3 is 24.6 Å². The molecule has 0 radical (unpaired) electrons. The molecule has 0 bridgehead atoms. The standard InChI is InChI=1S/C14H19NO5/c1-15-6-5-10(8-15)20-11-4-3-9(7-12(11)19-2)13(16)14(17)18/h3-4,7,10,13,16H,5-6,8H2,1-2H3,(H,17,18). The first-order chi connectivity index (χ1) is 9.51. The molecule has 2 N–H and O–H groups in total. The van der Waals surface area contributed by atoms with Crippen LogP contribution in [0.4, 0.5) is 0 Å². The number of carbonyl (C=O) groups is 1. The minimum atomic E-state index is -1.56. The van der Waals surface area contributed by atoms with Crippen molar-refractivity contribution < 1.29 is 24.5 Å². The molecule has 1 aromatic carbocycles. The van der Waals surface area contributed by atoms with Crippen LogP contribution in [-0.4, -0.2) is 54.4 Å². The smallest absolute Gasteiger partial charge is 0.337 e. The lowest BCUT2D eigenvalue weighted by Crippen LogP contribution is -2.21. The van der Waals surface area contributed by atoms with E-state index in [1.54, 1.807) is 6.07 Å². The largest absolute Gasteiger partial charge is 0.493 e. The van der Waals surface area contributed by atoms with E-state index in [0.717, 1.165) is 19.5 Å². The van der Waals surface area contributed by atoms with Gasteiger partial charge in [-0.2, -0.15) is 0 Å². The van der Waals surface area contributed by atoms with E-state index < -0.39 is 12.1 Å². The van der Waals surface area contributed by atoms with Crippen LogP contribution in [0.1, 0.15) is 18.1 Å². The minimum absolute atomic E-state index is 0.101. The molecule has 1 saturated heterocycles. The summed E-state index contributed by atoms with van der Waals surface area (Å²) in [5.74, 6) is -0.301. The normalized spacial score (nSPS) is 20.6. The average molecular weight is 281 g/mol. The number of carboxylic acid groups (broad SMARTS) is 1. The lowest BCUT2D eigenvalue weighted by atomic mass is 10.1. The molecule has 2 unspecified atom stereocenters. The molecular weight excluding hydrogens is 262 g/mol. The van der Waals surface area contributed by atoms with Gasteiger partial charge in [0.05, 0.1) is 7.11 Å². The molecule has 1 aliphatic rings. The number of benzene rings is 1. The topological polar surface area (TPSA) is 79.2 Å². The van der Waals surface area contributed by atoms with Crippen LogP contribution in [0, 0.1) is 0 Å². The number of hydrogen-bond donors (Lipinski definition) is 2. The molecule has 0 aromatic heterocycles. The molecule has 20 heavy (non-hydrogen) atoms. The molecule has 6 heteroatoms. The quantitative estimate of drug-likeness (QED) is 0.834. The summed E-state index contributed by atoms with van der Waals surface area (Å²) in [7, 11) is 3.52. The average Bonchev–Trinajstić information content (AvgIpc) is 2.83. The number of likely N-dealkylation sites (N-methyl/N-ethyl adjacent to an activating group) is 1. The summed E-state index contributed by atoms with van der Waals surface area (Å²) in [5.41, 5.74) is 0.269. The van der Waals surface area contributed by atoms with Crippen LogP contribution in [0.2, 0.25) is 0 Å². The molecule has 2 atom stereocenters. The Morgan fingerprint density at radius 1 is 1.45 bits per heavy atom. The van der Waals surface area contributed by atoms with Crippen LogP contribution in [0.3, 0.4) is 0 Å². The van der Waals surface area contributed by atoms with E-state index in [0.29, 0.717) is 11.5 Å². The number of carboxylic acids is 1. The van der Waals surface area contributed by atoms with Crippen LogP contribution in [0.25, 0.3) is 0 Å². The minimum Gasteiger partial charge on any atom is -0.493 e. The number of nitrogens with zero attached hydrogens (tertiary/aromatic N) is 1. The number of hydrogen-bond acceptors (Lipinski definition) is 5. The highest BCUT2D eigenvalue weighted by molar-refractivity contribution is 5.74. The molecule has 0 saturated carbocycles. The van der Waals surface area contributed by atoms with E-state index in [1.165, 1.54) is 19.2 Å². The SMILES string of the molecule is COc1cc(C(O)C(=O)O)ccc1OC1CCN(C)C1. The van der Waals surface area contributed by atoms with Gasteiger partial charge in [-0.1, -0.05) is 6.07 Å². The van der Waals surface area contributed by atoms with Crippen molar-refractivity contribution in [3.63, 3.8) is 0 Å². The zero-order chi connectivity index (χ0) is 14.7. The highest BCUT2D eigenvalue weighted by Crippen LogP contribution is 2.32. The Morgan fingerprint density at radius 2 is 2.20 bits per heavy atom. The van der Waals surface area contributed by atoms with Crippen LogP contribution < -0.4 is 9.47 Å². The van der Waals surface area contributed by atoms with Crippen molar-refractivity contribution in [3.05, 3.63) is 23.8 Å². The maximum Gasteiger partial charge on any atom is 0.337 e. The monoisotopic (exact) mass is 281 g/mol. The molecule has 0 amide bonds. The Morgan fingerprint density at radius 3 is 2.75 bits per heavy atom. The maximum absolute atomic E-state index is 10.8. The number of likely N-dealkylation sites (tertiary alicyclic amines) is 1. The van der Waals surface area contributed by atoms with Crippen LogP contribution in [0.15, 0.2) is 18.2 Å². The highest BCUT2D eigenvalue weighted by atomic mass is 16.5. The second-order valence-corrected chi connectivity index (χ2v) is 4.94. The lowest BCUT2D eigenvalue weighted by molar-refractivity contribution is -0.146. The third-order valence-electron chi connectivity index (χ3n) is 3.38. The summed E-state index contributed by atoms with van der Waals surface area (Å²) in [4.78, 5) is 13.0. The van der Waals surface area contributed by atoms with Gasteiger partial charge in [0.25, 0.3) is 0 Å². The lowest BCUT2D eigenvalue weighted by Gasteiger charge is -2.17. The highest BCUT2D eigenvalue weighted by Gasteiger charge is 2.23. The fraction of sp³-hybridized carbons (Fsp3) is 0.500. The van der Waals surface area contributed by atoms with Gasteiger partial charge in [-0.3, -0.25) is 0 Å². The molecule has 2 rings (SSSR count). The Hall–Kier alpha value is -1.79. The molecule has 0 aliphatic carbocycles. The van der Waals surface area contributed by atoms with E-state index in [4.69, 9.17) is 14.6 Å². The number of aliphatic hydroxyl groups is 1. The van der Waals surface area contributed by atoms with E-state index in [2.05, 4.69) is 4.90 Å². The summed E-state index contributed by atoms with van der Waals surface area (Å²) in [6.07, 6.45) is -0.515. The zero-order valence-corrected chi connectivity index (χ0v) is 11.6. The molecule has 1 heterocycles. The molecular formula is C14H19NO5. The molecule has 1 aromatic rings. The van der Waals surface area contributed by atoms with Crippen molar-refractivity contribution in [2.45, 2.75) is 18.6 Å². The van der Waals surface area contributed by atoms with Gasteiger partial charge in [0.15, 0.2) is 17.6 Å². The predicted molar refractivity (Wildman–Crippen MR) is 72.1 cm³/mol. The third-order valence-corrected chi connectivity index (χ3v) is 3.38. The van der Waals surface area contributed by atoms with Crippen molar-refractivity contribution >= 4 is 5.97 Å². The van der Waals surface area contributed by atoms with E-state index in [9.17, 15) is 9.90 Å². The van der Waals surface area contributed by atoms with Crippen molar-refractivity contribution in [3.8, 4) is 11.5 Å². The number of rotatable bonds is 5. The van der Waals surface area contributed by atoms with E-state index in [1.807, 2.05) is 7.05 Å². The van der Waals surface area contributed by atoms with Gasteiger partial charge >= 0.3 is 5.97 Å². The number of ether oxygens (including phenoxy) is 2. The summed E-state index contributed by atoms with van der Waals surface area (Å²) in [6.45, 7) is 1.84. The zero-order valence-electron chi connectivity index (χ0n) is 11.6. The Bertz CT molecular complexity index is 490. The summed E-state index contributed by atoms with van der Waals surface area (Å²) in [6, 6.07) is 4.67. The van der Waals surface area contributed by atoms with Crippen molar-refractivity contribution in [1.29, 1.82) is 0 Å².